The number of rotatable bonds is 0. The Balaban J connectivity index is 4.26. The molecule has 0 fully saturated rings. The van der Waals surface area contributed by atoms with Gasteiger partial charge in [0, 0.05) is 0 Å². The van der Waals surface area contributed by atoms with E-state index in [1.165, 1.54) is 0 Å². The van der Waals surface area contributed by atoms with Crippen molar-refractivity contribution in [3.8, 4) is 0 Å². The van der Waals surface area contributed by atoms with Crippen molar-refractivity contribution in [3.63, 3.8) is 0 Å². The van der Waals surface area contributed by atoms with Crippen molar-refractivity contribution in [3.05, 3.63) is 0 Å². The first-order valence-electron chi connectivity index (χ1n) is 2.54. The summed E-state index contributed by atoms with van der Waals surface area (Å²) in [6.45, 7) is 7.35. The maximum atomic E-state index is 11.1. The quantitative estimate of drug-likeness (QED) is 0.485. The molecule has 0 aromatic carbocycles. The third-order valence-electron chi connectivity index (χ3n) is 1.22. The normalized spacial score (nSPS) is 20.1. The molecule has 0 rings (SSSR count). The molecule has 50 valence electrons. The van der Waals surface area contributed by atoms with Gasteiger partial charge >= 0.3 is 0 Å². The average molecular weight is 151 g/mol. The maximum Gasteiger partial charge on any atom is -0.0222 e. The molecule has 1 unspecified atom stereocenters. The second-order valence-corrected chi connectivity index (χ2v) is 8.14. The van der Waals surface area contributed by atoms with Gasteiger partial charge in [-0.15, -0.1) is 18.1 Å². The molecule has 0 aliphatic heterocycles. The van der Waals surface area contributed by atoms with Crippen molar-refractivity contribution < 1.29 is 4.89 Å². The molecule has 0 aromatic heterocycles. The van der Waals surface area contributed by atoms with Gasteiger partial charge < -0.3 is 4.89 Å². The second-order valence-electron chi connectivity index (χ2n) is 3.02. The monoisotopic (exact) mass is 151 g/mol. The summed E-state index contributed by atoms with van der Waals surface area (Å²) in [5, 5.41) is -0.192. The van der Waals surface area contributed by atoms with Crippen molar-refractivity contribution in [1.82, 2.24) is 0 Å². The molecule has 1 nitrogen and oxygen atoms in total. The highest BCUT2D eigenvalue weighted by Gasteiger charge is 2.15. The van der Waals surface area contributed by atoms with Crippen LogP contribution in [0, 0.1) is 0 Å². The van der Waals surface area contributed by atoms with Gasteiger partial charge in [0.2, 0.25) is 0 Å². The number of hydrogen-bond acceptors (Lipinski definition) is 2. The van der Waals surface area contributed by atoms with E-state index < -0.39 is 6.26 Å². The standard InChI is InChI=1S/C5H13OPS/c1-5(2,3)7(4,6)8/h1-4H3,(H,6,8)/p-1. The van der Waals surface area contributed by atoms with Crippen LogP contribution >= 0.6 is 6.26 Å². The highest BCUT2D eigenvalue weighted by atomic mass is 32.4. The Morgan fingerprint density at radius 2 is 1.50 bits per heavy atom. The van der Waals surface area contributed by atoms with Crippen LogP contribution in [-0.4, -0.2) is 11.8 Å². The SMILES string of the molecule is CC(C)(C)P(C)([O-])=S. The number of hydrogen-bond donors (Lipinski definition) is 0. The zero-order chi connectivity index (χ0) is 7.00. The Bertz CT molecular complexity index is 119. The van der Waals surface area contributed by atoms with Gasteiger partial charge in [-0.25, -0.2) is 0 Å². The molecular formula is C5H12OPS-. The van der Waals surface area contributed by atoms with E-state index in [2.05, 4.69) is 0 Å². The van der Waals surface area contributed by atoms with Crippen molar-refractivity contribution in [2.24, 2.45) is 0 Å². The predicted molar refractivity (Wildman–Crippen MR) is 40.0 cm³/mol. The van der Waals surface area contributed by atoms with Crippen molar-refractivity contribution >= 4 is 18.1 Å². The zero-order valence-corrected chi connectivity index (χ0v) is 7.47. The summed E-state index contributed by atoms with van der Waals surface area (Å²) in [6, 6.07) is 0. The summed E-state index contributed by atoms with van der Waals surface area (Å²) in [5.74, 6) is 0. The fourth-order valence-corrected chi connectivity index (χ4v) is 0. The fraction of sp³-hybridized carbons (Fsp3) is 1.00. The fourth-order valence-electron chi connectivity index (χ4n) is 0. The van der Waals surface area contributed by atoms with Crippen LogP contribution in [0.15, 0.2) is 0 Å². The Labute approximate surface area is 56.2 Å². The Morgan fingerprint density at radius 3 is 1.50 bits per heavy atom. The van der Waals surface area contributed by atoms with Gasteiger partial charge in [0.25, 0.3) is 0 Å². The molecule has 8 heavy (non-hydrogen) atoms. The minimum absolute atomic E-state index is 0.192. The molecule has 0 heterocycles. The molecule has 0 radical (unpaired) electrons. The largest absolute Gasteiger partial charge is 0.821 e. The molecule has 0 amide bonds. The van der Waals surface area contributed by atoms with E-state index in [1.54, 1.807) is 6.66 Å². The van der Waals surface area contributed by atoms with E-state index in [-0.39, 0.29) is 5.16 Å². The van der Waals surface area contributed by atoms with Gasteiger partial charge in [0.05, 0.1) is 0 Å². The molecule has 0 saturated heterocycles. The van der Waals surface area contributed by atoms with Crippen LogP contribution in [0.5, 0.6) is 0 Å². The molecule has 3 heteroatoms. The van der Waals surface area contributed by atoms with Crippen molar-refractivity contribution in [1.29, 1.82) is 0 Å². The first-order chi connectivity index (χ1) is 3.25. The Hall–Kier alpha value is 0.610. The van der Waals surface area contributed by atoms with Crippen LogP contribution in [0.4, 0.5) is 0 Å². The molecule has 0 aromatic rings. The molecular weight excluding hydrogens is 139 g/mol. The molecule has 0 aliphatic rings. The minimum atomic E-state index is -2.27. The second kappa shape index (κ2) is 2.09. The molecule has 0 aliphatic carbocycles. The van der Waals surface area contributed by atoms with Gasteiger partial charge in [0.1, 0.15) is 0 Å². The highest BCUT2D eigenvalue weighted by molar-refractivity contribution is 8.11. The van der Waals surface area contributed by atoms with Crippen LogP contribution in [0.2, 0.25) is 0 Å². The van der Waals surface area contributed by atoms with Crippen LogP contribution in [0.1, 0.15) is 20.8 Å². The summed E-state index contributed by atoms with van der Waals surface area (Å²) >= 11 is 4.78. The maximum absolute atomic E-state index is 11.1. The summed E-state index contributed by atoms with van der Waals surface area (Å²) in [6.07, 6.45) is -2.27. The van der Waals surface area contributed by atoms with E-state index in [4.69, 9.17) is 11.8 Å². The third-order valence-corrected chi connectivity index (χ3v) is 5.30. The van der Waals surface area contributed by atoms with Gasteiger partial charge in [0.15, 0.2) is 0 Å². The van der Waals surface area contributed by atoms with Crippen molar-refractivity contribution in [2.45, 2.75) is 25.9 Å². The van der Waals surface area contributed by atoms with E-state index in [1.807, 2.05) is 20.8 Å². The molecule has 0 bridgehead atoms. The van der Waals surface area contributed by atoms with E-state index in [9.17, 15) is 4.89 Å². The lowest BCUT2D eigenvalue weighted by Crippen LogP contribution is -2.21. The zero-order valence-electron chi connectivity index (χ0n) is 5.76. The van der Waals surface area contributed by atoms with Crippen molar-refractivity contribution in [2.75, 3.05) is 6.66 Å². The lowest BCUT2D eigenvalue weighted by Gasteiger charge is -2.37. The topological polar surface area (TPSA) is 23.1 Å². The third kappa shape index (κ3) is 2.25. The average Bonchev–Trinajstić information content (AvgIpc) is 1.25. The van der Waals surface area contributed by atoms with Crippen LogP contribution in [0.25, 0.3) is 0 Å². The lowest BCUT2D eigenvalue weighted by molar-refractivity contribution is -0.164. The summed E-state index contributed by atoms with van der Waals surface area (Å²) < 4.78 is 0. The minimum Gasteiger partial charge on any atom is -0.821 e. The predicted octanol–water partition coefficient (Wildman–Crippen LogP) is 1.17. The van der Waals surface area contributed by atoms with E-state index >= 15 is 0 Å². The first kappa shape index (κ1) is 8.61. The Morgan fingerprint density at radius 1 is 1.38 bits per heavy atom. The van der Waals surface area contributed by atoms with E-state index in [0.29, 0.717) is 0 Å². The summed E-state index contributed by atoms with van der Waals surface area (Å²) in [7, 11) is 0. The summed E-state index contributed by atoms with van der Waals surface area (Å²) in [4.78, 5) is 11.1. The lowest BCUT2D eigenvalue weighted by atomic mass is 10.3. The Kier molecular flexibility index (Phi) is 2.25. The van der Waals surface area contributed by atoms with Crippen LogP contribution < -0.4 is 4.89 Å². The van der Waals surface area contributed by atoms with Crippen LogP contribution in [0.3, 0.4) is 0 Å². The highest BCUT2D eigenvalue weighted by Crippen LogP contribution is 2.46. The molecule has 0 saturated carbocycles. The van der Waals surface area contributed by atoms with Gasteiger partial charge in [-0.2, -0.15) is 0 Å². The van der Waals surface area contributed by atoms with Gasteiger partial charge in [-0.3, -0.25) is 0 Å². The van der Waals surface area contributed by atoms with Crippen LogP contribution in [-0.2, 0) is 11.8 Å². The van der Waals surface area contributed by atoms with Gasteiger partial charge in [-0.05, 0) is 11.8 Å². The molecule has 0 N–H and O–H groups in total. The first-order valence-corrected chi connectivity index (χ1v) is 5.70. The molecule has 1 atom stereocenters. The molecule has 0 spiro atoms. The van der Waals surface area contributed by atoms with E-state index in [0.717, 1.165) is 0 Å². The smallest absolute Gasteiger partial charge is 0.0222 e. The van der Waals surface area contributed by atoms with Gasteiger partial charge in [-0.1, -0.05) is 20.8 Å². The summed E-state index contributed by atoms with van der Waals surface area (Å²) in [5.41, 5.74) is 0.